The Balaban J connectivity index is 3.09. The van der Waals surface area contributed by atoms with Gasteiger partial charge in [0, 0.05) is 12.3 Å². The van der Waals surface area contributed by atoms with Crippen molar-refractivity contribution in [3.05, 3.63) is 0 Å². The zero-order valence-electron chi connectivity index (χ0n) is 10.5. The van der Waals surface area contributed by atoms with Gasteiger partial charge in [0.05, 0.1) is 6.61 Å². The second kappa shape index (κ2) is 12.8. The summed E-state index contributed by atoms with van der Waals surface area (Å²) in [6, 6.07) is 0. The van der Waals surface area contributed by atoms with Crippen LogP contribution in [0, 0.1) is 0 Å². The molecule has 0 amide bonds. The molecule has 0 aliphatic rings. The zero-order chi connectivity index (χ0) is 12.1. The summed E-state index contributed by atoms with van der Waals surface area (Å²) in [6.07, 6.45) is 9.50. The third kappa shape index (κ3) is 11.8. The Bertz CT molecular complexity index is 160. The lowest BCUT2D eigenvalue weighted by atomic mass is 10.1. The number of ether oxygens (including phenoxy) is 1. The van der Waals surface area contributed by atoms with Crippen molar-refractivity contribution in [3.63, 3.8) is 0 Å². The molecule has 0 aliphatic heterocycles. The van der Waals surface area contributed by atoms with Crippen molar-refractivity contribution >= 4 is 17.6 Å². The summed E-state index contributed by atoms with van der Waals surface area (Å²) in [5.74, 6) is 0.734. The van der Waals surface area contributed by atoms with Crippen LogP contribution >= 0.6 is 11.6 Å². The van der Waals surface area contributed by atoms with Gasteiger partial charge in [0.1, 0.15) is 0 Å². The van der Waals surface area contributed by atoms with Gasteiger partial charge in [-0.15, -0.1) is 11.6 Å². The van der Waals surface area contributed by atoms with E-state index >= 15 is 0 Å². The first kappa shape index (κ1) is 15.8. The van der Waals surface area contributed by atoms with Gasteiger partial charge in [0.25, 0.3) is 0 Å². The van der Waals surface area contributed by atoms with Crippen LogP contribution in [0.5, 0.6) is 0 Å². The summed E-state index contributed by atoms with van der Waals surface area (Å²) in [5.41, 5.74) is 0. The van der Waals surface area contributed by atoms with Gasteiger partial charge >= 0.3 is 5.97 Å². The fourth-order valence-corrected chi connectivity index (χ4v) is 1.66. The predicted octanol–water partition coefficient (Wildman–Crippen LogP) is 4.30. The molecule has 0 radical (unpaired) electrons. The highest BCUT2D eigenvalue weighted by Gasteiger charge is 2.01. The second-order valence-electron chi connectivity index (χ2n) is 4.13. The summed E-state index contributed by atoms with van der Waals surface area (Å²) in [5, 5.41) is 0. The standard InChI is InChI=1S/C13H25ClO2/c1-2-3-12-16-13(15)10-8-6-4-5-7-9-11-14/h2-12H2,1H3. The fourth-order valence-electron chi connectivity index (χ4n) is 1.47. The number of carbonyl (C=O) groups excluding carboxylic acids is 1. The molecule has 0 rings (SSSR count). The monoisotopic (exact) mass is 248 g/mol. The summed E-state index contributed by atoms with van der Waals surface area (Å²) < 4.78 is 5.07. The maximum atomic E-state index is 11.2. The van der Waals surface area contributed by atoms with Gasteiger partial charge in [-0.05, 0) is 19.3 Å². The van der Waals surface area contributed by atoms with E-state index in [1.807, 2.05) is 0 Å². The number of esters is 1. The van der Waals surface area contributed by atoms with Crippen LogP contribution in [-0.4, -0.2) is 18.5 Å². The Morgan fingerprint density at radius 1 is 1.00 bits per heavy atom. The van der Waals surface area contributed by atoms with Crippen molar-refractivity contribution in [3.8, 4) is 0 Å². The summed E-state index contributed by atoms with van der Waals surface area (Å²) in [6.45, 7) is 2.68. The second-order valence-corrected chi connectivity index (χ2v) is 4.51. The third-order valence-corrected chi connectivity index (χ3v) is 2.79. The van der Waals surface area contributed by atoms with E-state index in [0.29, 0.717) is 13.0 Å². The van der Waals surface area contributed by atoms with E-state index in [4.69, 9.17) is 16.3 Å². The molecule has 0 saturated heterocycles. The van der Waals surface area contributed by atoms with E-state index in [0.717, 1.165) is 38.0 Å². The van der Waals surface area contributed by atoms with Gasteiger partial charge in [0.2, 0.25) is 0 Å². The molecule has 0 aromatic heterocycles. The van der Waals surface area contributed by atoms with Gasteiger partial charge in [-0.2, -0.15) is 0 Å². The van der Waals surface area contributed by atoms with Crippen molar-refractivity contribution in [1.29, 1.82) is 0 Å². The Morgan fingerprint density at radius 2 is 1.62 bits per heavy atom. The minimum absolute atomic E-state index is 0.0331. The molecule has 0 atom stereocenters. The van der Waals surface area contributed by atoms with Crippen LogP contribution in [0.2, 0.25) is 0 Å². The SMILES string of the molecule is CCCCOC(=O)CCCCCCCCCl. The number of alkyl halides is 1. The summed E-state index contributed by atoms with van der Waals surface area (Å²) >= 11 is 5.58. The van der Waals surface area contributed by atoms with Gasteiger partial charge in [-0.3, -0.25) is 4.79 Å². The van der Waals surface area contributed by atoms with E-state index in [9.17, 15) is 4.79 Å². The van der Waals surface area contributed by atoms with Crippen LogP contribution in [0.3, 0.4) is 0 Å². The molecule has 0 aliphatic carbocycles. The quantitative estimate of drug-likeness (QED) is 0.310. The predicted molar refractivity (Wildman–Crippen MR) is 68.9 cm³/mol. The molecule has 3 heteroatoms. The molecule has 0 aromatic rings. The van der Waals surface area contributed by atoms with E-state index < -0.39 is 0 Å². The van der Waals surface area contributed by atoms with Gasteiger partial charge in [0.15, 0.2) is 0 Å². The Labute approximate surface area is 105 Å². The topological polar surface area (TPSA) is 26.3 Å². The largest absolute Gasteiger partial charge is 0.466 e. The third-order valence-electron chi connectivity index (χ3n) is 2.53. The Morgan fingerprint density at radius 3 is 2.25 bits per heavy atom. The number of hydrogen-bond donors (Lipinski definition) is 0. The molecule has 0 bridgehead atoms. The van der Waals surface area contributed by atoms with Crippen LogP contribution in [0.4, 0.5) is 0 Å². The molecule has 0 fully saturated rings. The molecular weight excluding hydrogens is 224 g/mol. The number of halogens is 1. The number of rotatable bonds is 11. The van der Waals surface area contributed by atoms with E-state index in [1.54, 1.807) is 0 Å². The van der Waals surface area contributed by atoms with Gasteiger partial charge < -0.3 is 4.74 Å². The maximum absolute atomic E-state index is 11.2. The van der Waals surface area contributed by atoms with Crippen molar-refractivity contribution in [2.24, 2.45) is 0 Å². The van der Waals surface area contributed by atoms with E-state index in [-0.39, 0.29) is 5.97 Å². The molecule has 0 saturated carbocycles. The van der Waals surface area contributed by atoms with Crippen LogP contribution < -0.4 is 0 Å². The first-order chi connectivity index (χ1) is 7.81. The molecule has 96 valence electrons. The minimum atomic E-state index is -0.0331. The average molecular weight is 249 g/mol. The van der Waals surface area contributed by atoms with Crippen LogP contribution in [0.25, 0.3) is 0 Å². The van der Waals surface area contributed by atoms with E-state index in [2.05, 4.69) is 6.92 Å². The number of carbonyl (C=O) groups is 1. The maximum Gasteiger partial charge on any atom is 0.305 e. The lowest BCUT2D eigenvalue weighted by Crippen LogP contribution is -2.05. The smallest absolute Gasteiger partial charge is 0.305 e. The minimum Gasteiger partial charge on any atom is -0.466 e. The van der Waals surface area contributed by atoms with Gasteiger partial charge in [-0.1, -0.05) is 39.0 Å². The van der Waals surface area contributed by atoms with Crippen molar-refractivity contribution in [1.82, 2.24) is 0 Å². The van der Waals surface area contributed by atoms with E-state index in [1.165, 1.54) is 19.3 Å². The molecule has 0 aromatic carbocycles. The Kier molecular flexibility index (Phi) is 12.6. The van der Waals surface area contributed by atoms with Crippen molar-refractivity contribution in [2.45, 2.75) is 64.7 Å². The molecule has 2 nitrogen and oxygen atoms in total. The molecule has 16 heavy (non-hydrogen) atoms. The molecule has 0 heterocycles. The Hall–Kier alpha value is -0.240. The molecule has 0 unspecified atom stereocenters. The van der Waals surface area contributed by atoms with Crippen LogP contribution in [-0.2, 0) is 9.53 Å². The fraction of sp³-hybridized carbons (Fsp3) is 0.923. The highest BCUT2D eigenvalue weighted by Crippen LogP contribution is 2.08. The first-order valence-electron chi connectivity index (χ1n) is 6.52. The summed E-state index contributed by atoms with van der Waals surface area (Å²) in [7, 11) is 0. The van der Waals surface area contributed by atoms with Crippen molar-refractivity contribution < 1.29 is 9.53 Å². The van der Waals surface area contributed by atoms with Crippen molar-refractivity contribution in [2.75, 3.05) is 12.5 Å². The van der Waals surface area contributed by atoms with Crippen LogP contribution in [0.15, 0.2) is 0 Å². The summed E-state index contributed by atoms with van der Waals surface area (Å²) in [4.78, 5) is 11.2. The molecule has 0 spiro atoms. The first-order valence-corrected chi connectivity index (χ1v) is 7.06. The lowest BCUT2D eigenvalue weighted by Gasteiger charge is -2.03. The zero-order valence-corrected chi connectivity index (χ0v) is 11.2. The molecule has 0 N–H and O–H groups in total. The van der Waals surface area contributed by atoms with Crippen LogP contribution in [0.1, 0.15) is 64.7 Å². The normalized spacial score (nSPS) is 10.4. The van der Waals surface area contributed by atoms with Gasteiger partial charge in [-0.25, -0.2) is 0 Å². The highest BCUT2D eigenvalue weighted by atomic mass is 35.5. The lowest BCUT2D eigenvalue weighted by molar-refractivity contribution is -0.143. The number of hydrogen-bond acceptors (Lipinski definition) is 2. The average Bonchev–Trinajstić information content (AvgIpc) is 2.28. The molecular formula is C13H25ClO2. The number of unbranched alkanes of at least 4 members (excludes halogenated alkanes) is 6. The highest BCUT2D eigenvalue weighted by molar-refractivity contribution is 6.17.